The standard InChI is InChI=1S/C17H23N3OS.ClH/c1-4-12-5-7-13(8-6-12)16-19-14(10-22-16)9-15(21)20-17(2,3)11-18;/h5-8,10H,4,9,11,18H2,1-3H3,(H,20,21);1H. The van der Waals surface area contributed by atoms with E-state index in [0.717, 1.165) is 22.7 Å². The van der Waals surface area contributed by atoms with Gasteiger partial charge in [-0.15, -0.1) is 23.7 Å². The molecular weight excluding hydrogens is 330 g/mol. The number of nitrogens with one attached hydrogen (secondary N) is 1. The summed E-state index contributed by atoms with van der Waals surface area (Å²) in [5.41, 5.74) is 8.44. The smallest absolute Gasteiger partial charge is 0.226 e. The van der Waals surface area contributed by atoms with Crippen LogP contribution in [0.4, 0.5) is 0 Å². The van der Waals surface area contributed by atoms with Crippen molar-refractivity contribution >= 4 is 29.7 Å². The van der Waals surface area contributed by atoms with Gasteiger partial charge in [-0.05, 0) is 25.8 Å². The zero-order chi connectivity index (χ0) is 16.2. The maximum atomic E-state index is 12.0. The Morgan fingerprint density at radius 3 is 2.52 bits per heavy atom. The molecule has 0 spiro atoms. The second-order valence-corrected chi connectivity index (χ2v) is 6.87. The number of aromatic nitrogens is 1. The first-order valence-electron chi connectivity index (χ1n) is 7.48. The average Bonchev–Trinajstić information content (AvgIpc) is 2.95. The Hall–Kier alpha value is -1.43. The minimum absolute atomic E-state index is 0. The van der Waals surface area contributed by atoms with Gasteiger partial charge >= 0.3 is 0 Å². The van der Waals surface area contributed by atoms with Crippen LogP contribution in [0.25, 0.3) is 10.6 Å². The Kier molecular flexibility index (Phi) is 7.19. The molecule has 0 atom stereocenters. The molecule has 0 aliphatic carbocycles. The summed E-state index contributed by atoms with van der Waals surface area (Å²) in [6.45, 7) is 6.36. The summed E-state index contributed by atoms with van der Waals surface area (Å²) in [6.07, 6.45) is 1.31. The topological polar surface area (TPSA) is 68.0 Å². The van der Waals surface area contributed by atoms with Crippen molar-refractivity contribution in [1.82, 2.24) is 10.3 Å². The number of carbonyl (C=O) groups excluding carboxylic acids is 1. The van der Waals surface area contributed by atoms with Crippen LogP contribution in [0.15, 0.2) is 29.6 Å². The summed E-state index contributed by atoms with van der Waals surface area (Å²) in [7, 11) is 0. The Labute approximate surface area is 147 Å². The van der Waals surface area contributed by atoms with Crippen LogP contribution >= 0.6 is 23.7 Å². The summed E-state index contributed by atoms with van der Waals surface area (Å²) in [4.78, 5) is 16.6. The number of hydrogen-bond donors (Lipinski definition) is 2. The third kappa shape index (κ3) is 5.61. The molecule has 2 aromatic rings. The van der Waals surface area contributed by atoms with Gasteiger partial charge < -0.3 is 11.1 Å². The largest absolute Gasteiger partial charge is 0.350 e. The lowest BCUT2D eigenvalue weighted by atomic mass is 10.1. The van der Waals surface area contributed by atoms with E-state index in [4.69, 9.17) is 5.73 Å². The van der Waals surface area contributed by atoms with Crippen LogP contribution in [0.1, 0.15) is 32.0 Å². The van der Waals surface area contributed by atoms with Crippen molar-refractivity contribution in [2.24, 2.45) is 5.73 Å². The fourth-order valence-corrected chi connectivity index (χ4v) is 2.87. The summed E-state index contributed by atoms with van der Waals surface area (Å²) < 4.78 is 0. The fourth-order valence-electron chi connectivity index (χ4n) is 2.04. The van der Waals surface area contributed by atoms with Crippen molar-refractivity contribution < 1.29 is 4.79 Å². The fraction of sp³-hybridized carbons (Fsp3) is 0.412. The molecule has 1 aromatic carbocycles. The molecule has 126 valence electrons. The summed E-state index contributed by atoms with van der Waals surface area (Å²) in [5, 5.41) is 5.81. The molecule has 4 nitrogen and oxygen atoms in total. The van der Waals surface area contributed by atoms with Crippen LogP contribution in [0.3, 0.4) is 0 Å². The molecule has 0 fully saturated rings. The first-order valence-corrected chi connectivity index (χ1v) is 8.36. The van der Waals surface area contributed by atoms with Crippen LogP contribution in [0.2, 0.25) is 0 Å². The van der Waals surface area contributed by atoms with Gasteiger partial charge in [-0.1, -0.05) is 31.2 Å². The van der Waals surface area contributed by atoms with Gasteiger partial charge in [0.25, 0.3) is 0 Å². The lowest BCUT2D eigenvalue weighted by Gasteiger charge is -2.23. The number of nitrogens with two attached hydrogens (primary N) is 1. The molecular formula is C17H24ClN3OS. The molecule has 2 rings (SSSR count). The molecule has 0 saturated heterocycles. The lowest BCUT2D eigenvalue weighted by molar-refractivity contribution is -0.121. The molecule has 0 aliphatic rings. The van der Waals surface area contributed by atoms with Gasteiger partial charge in [0.1, 0.15) is 5.01 Å². The third-order valence-corrected chi connectivity index (χ3v) is 4.43. The van der Waals surface area contributed by atoms with Crippen molar-refractivity contribution in [2.75, 3.05) is 6.54 Å². The number of halogens is 1. The number of thiazole rings is 1. The van der Waals surface area contributed by atoms with E-state index >= 15 is 0 Å². The molecule has 0 bridgehead atoms. The zero-order valence-electron chi connectivity index (χ0n) is 13.8. The summed E-state index contributed by atoms with van der Waals surface area (Å²) >= 11 is 1.57. The monoisotopic (exact) mass is 353 g/mol. The Morgan fingerprint density at radius 1 is 1.30 bits per heavy atom. The second-order valence-electron chi connectivity index (χ2n) is 6.01. The highest BCUT2D eigenvalue weighted by atomic mass is 35.5. The first-order chi connectivity index (χ1) is 10.4. The van der Waals surface area contributed by atoms with Crippen molar-refractivity contribution in [1.29, 1.82) is 0 Å². The van der Waals surface area contributed by atoms with Gasteiger partial charge in [-0.3, -0.25) is 4.79 Å². The normalized spacial score (nSPS) is 11.0. The maximum Gasteiger partial charge on any atom is 0.226 e. The third-order valence-electron chi connectivity index (χ3n) is 3.49. The molecule has 1 aromatic heterocycles. The maximum absolute atomic E-state index is 12.0. The van der Waals surface area contributed by atoms with Crippen molar-refractivity contribution in [3.8, 4) is 10.6 Å². The summed E-state index contributed by atoms with van der Waals surface area (Å²) in [5.74, 6) is -0.0476. The molecule has 1 amide bonds. The molecule has 23 heavy (non-hydrogen) atoms. The van der Waals surface area contributed by atoms with Crippen LogP contribution in [-0.4, -0.2) is 23.0 Å². The second kappa shape index (κ2) is 8.43. The van der Waals surface area contributed by atoms with E-state index < -0.39 is 0 Å². The van der Waals surface area contributed by atoms with Gasteiger partial charge in [0.05, 0.1) is 12.1 Å². The number of hydrogen-bond acceptors (Lipinski definition) is 4. The SMILES string of the molecule is CCc1ccc(-c2nc(CC(=O)NC(C)(C)CN)cs2)cc1.Cl. The number of carbonyl (C=O) groups is 1. The van der Waals surface area contributed by atoms with Crippen molar-refractivity contribution in [3.05, 3.63) is 40.9 Å². The van der Waals surface area contributed by atoms with Gasteiger partial charge in [0, 0.05) is 23.0 Å². The highest BCUT2D eigenvalue weighted by Crippen LogP contribution is 2.24. The van der Waals surface area contributed by atoms with Gasteiger partial charge in [-0.2, -0.15) is 0 Å². The van der Waals surface area contributed by atoms with E-state index in [1.807, 2.05) is 19.2 Å². The minimum Gasteiger partial charge on any atom is -0.350 e. The number of amides is 1. The number of benzene rings is 1. The summed E-state index contributed by atoms with van der Waals surface area (Å²) in [6, 6.07) is 8.40. The molecule has 6 heteroatoms. The van der Waals surface area contributed by atoms with Crippen molar-refractivity contribution in [2.45, 2.75) is 39.2 Å². The van der Waals surface area contributed by atoms with Crippen LogP contribution in [0.5, 0.6) is 0 Å². The highest BCUT2D eigenvalue weighted by Gasteiger charge is 2.19. The highest BCUT2D eigenvalue weighted by molar-refractivity contribution is 7.13. The minimum atomic E-state index is -0.383. The van der Waals surface area contributed by atoms with E-state index in [-0.39, 0.29) is 30.3 Å². The molecule has 0 saturated carbocycles. The van der Waals surface area contributed by atoms with E-state index in [0.29, 0.717) is 6.54 Å². The predicted octanol–water partition coefficient (Wildman–Crippen LogP) is 3.19. The molecule has 0 unspecified atom stereocenters. The van der Waals surface area contributed by atoms with Crippen LogP contribution in [0, 0.1) is 0 Å². The average molecular weight is 354 g/mol. The van der Waals surface area contributed by atoms with Gasteiger partial charge in [0.2, 0.25) is 5.91 Å². The Morgan fingerprint density at radius 2 is 1.96 bits per heavy atom. The number of nitrogens with zero attached hydrogens (tertiary/aromatic N) is 1. The van der Waals surface area contributed by atoms with Gasteiger partial charge in [0.15, 0.2) is 0 Å². The van der Waals surface area contributed by atoms with E-state index in [1.54, 1.807) is 11.3 Å². The number of aryl methyl sites for hydroxylation is 1. The first kappa shape index (κ1) is 19.6. The Balaban J connectivity index is 0.00000264. The van der Waals surface area contributed by atoms with Crippen molar-refractivity contribution in [3.63, 3.8) is 0 Å². The predicted molar refractivity (Wildman–Crippen MR) is 99.2 cm³/mol. The van der Waals surface area contributed by atoms with E-state index in [9.17, 15) is 4.79 Å². The zero-order valence-corrected chi connectivity index (χ0v) is 15.4. The van der Waals surface area contributed by atoms with Crippen LogP contribution < -0.4 is 11.1 Å². The molecule has 1 heterocycles. The van der Waals surface area contributed by atoms with Crippen LogP contribution in [-0.2, 0) is 17.6 Å². The van der Waals surface area contributed by atoms with Gasteiger partial charge in [-0.25, -0.2) is 4.98 Å². The molecule has 0 aliphatic heterocycles. The lowest BCUT2D eigenvalue weighted by Crippen LogP contribution is -2.49. The number of rotatable bonds is 6. The Bertz CT molecular complexity index is 638. The van der Waals surface area contributed by atoms with E-state index in [2.05, 4.69) is 41.5 Å². The van der Waals surface area contributed by atoms with E-state index in [1.165, 1.54) is 5.56 Å². The quantitative estimate of drug-likeness (QED) is 0.838. The molecule has 0 radical (unpaired) electrons. The molecule has 3 N–H and O–H groups in total.